The summed E-state index contributed by atoms with van der Waals surface area (Å²) in [5.41, 5.74) is 5.68. The summed E-state index contributed by atoms with van der Waals surface area (Å²) in [5, 5.41) is 0. The quantitative estimate of drug-likeness (QED) is 0.712. The van der Waals surface area contributed by atoms with Crippen LogP contribution in [-0.4, -0.2) is 18.6 Å². The lowest BCUT2D eigenvalue weighted by Gasteiger charge is -2.21. The Balaban J connectivity index is 2.10. The minimum Gasteiger partial charge on any atom is -0.465 e. The van der Waals surface area contributed by atoms with E-state index in [1.807, 2.05) is 6.92 Å². The molecular weight excluding hydrogens is 190 g/mol. The molecular formula is C12H23NO2. The molecule has 0 saturated heterocycles. The molecule has 88 valence electrons. The lowest BCUT2D eigenvalue weighted by atomic mass is 9.90. The lowest BCUT2D eigenvalue weighted by Crippen LogP contribution is -2.25. The Kier molecular flexibility index (Phi) is 5.69. The van der Waals surface area contributed by atoms with Gasteiger partial charge in [-0.25, -0.2) is 0 Å². The molecule has 0 radical (unpaired) electrons. The van der Waals surface area contributed by atoms with Gasteiger partial charge in [0, 0.05) is 6.04 Å². The van der Waals surface area contributed by atoms with E-state index >= 15 is 0 Å². The van der Waals surface area contributed by atoms with Crippen molar-refractivity contribution in [3.8, 4) is 0 Å². The summed E-state index contributed by atoms with van der Waals surface area (Å²) >= 11 is 0. The van der Waals surface area contributed by atoms with Crippen LogP contribution in [0.1, 0.15) is 51.9 Å². The van der Waals surface area contributed by atoms with Crippen LogP contribution in [0.3, 0.4) is 0 Å². The van der Waals surface area contributed by atoms with Gasteiger partial charge in [0.15, 0.2) is 0 Å². The first-order chi connectivity index (χ1) is 7.22. The summed E-state index contributed by atoms with van der Waals surface area (Å²) in [4.78, 5) is 11.4. The number of hydrogen-bond donors (Lipinski definition) is 1. The fourth-order valence-electron chi connectivity index (χ4n) is 1.98. The zero-order valence-corrected chi connectivity index (χ0v) is 9.71. The molecule has 1 fully saturated rings. The van der Waals surface area contributed by atoms with E-state index < -0.39 is 0 Å². The van der Waals surface area contributed by atoms with Gasteiger partial charge in [-0.05, 0) is 25.2 Å². The van der Waals surface area contributed by atoms with Crippen molar-refractivity contribution in [1.82, 2.24) is 0 Å². The van der Waals surface area contributed by atoms with E-state index in [0.29, 0.717) is 18.9 Å². The number of nitrogens with two attached hydrogens (primary N) is 1. The summed E-state index contributed by atoms with van der Waals surface area (Å²) in [7, 11) is 0. The predicted molar refractivity (Wildman–Crippen MR) is 60.4 cm³/mol. The molecule has 0 aromatic heterocycles. The van der Waals surface area contributed by atoms with E-state index in [1.54, 1.807) is 0 Å². The van der Waals surface area contributed by atoms with E-state index in [4.69, 9.17) is 10.5 Å². The molecule has 3 nitrogen and oxygen atoms in total. The topological polar surface area (TPSA) is 52.3 Å². The third kappa shape index (κ3) is 5.17. The number of carbonyl (C=O) groups is 1. The van der Waals surface area contributed by atoms with E-state index in [1.165, 1.54) is 32.1 Å². The summed E-state index contributed by atoms with van der Waals surface area (Å²) in [6.45, 7) is 2.59. The molecule has 0 amide bonds. The van der Waals surface area contributed by atoms with E-state index in [2.05, 4.69) is 0 Å². The molecule has 2 N–H and O–H groups in total. The molecule has 1 aliphatic rings. The highest BCUT2D eigenvalue weighted by Crippen LogP contribution is 2.23. The van der Waals surface area contributed by atoms with Crippen LogP contribution >= 0.6 is 0 Å². The highest BCUT2D eigenvalue weighted by atomic mass is 16.5. The predicted octanol–water partition coefficient (Wildman–Crippen LogP) is 2.24. The molecule has 0 aromatic carbocycles. The van der Waals surface area contributed by atoms with Gasteiger partial charge >= 0.3 is 5.97 Å². The van der Waals surface area contributed by atoms with Crippen LogP contribution in [0.25, 0.3) is 0 Å². The highest BCUT2D eigenvalue weighted by molar-refractivity contribution is 5.70. The number of esters is 1. The minimum absolute atomic E-state index is 0.0381. The first-order valence-electron chi connectivity index (χ1n) is 6.13. The van der Waals surface area contributed by atoms with Crippen LogP contribution in [0.4, 0.5) is 0 Å². The van der Waals surface area contributed by atoms with Crippen LogP contribution < -0.4 is 5.73 Å². The molecule has 1 saturated carbocycles. The summed E-state index contributed by atoms with van der Waals surface area (Å²) in [5.74, 6) is 0.468. The van der Waals surface area contributed by atoms with Crippen molar-refractivity contribution in [1.29, 1.82) is 0 Å². The summed E-state index contributed by atoms with van der Waals surface area (Å²) in [6, 6.07) is -0.0381. The third-order valence-electron chi connectivity index (χ3n) is 3.16. The number of carbonyl (C=O) groups excluding carboxylic acids is 1. The average molecular weight is 213 g/mol. The van der Waals surface area contributed by atoms with Crippen LogP contribution in [0.15, 0.2) is 0 Å². The molecule has 0 spiro atoms. The van der Waals surface area contributed by atoms with Gasteiger partial charge in [-0.1, -0.05) is 26.2 Å². The molecule has 1 rings (SSSR count). The van der Waals surface area contributed by atoms with Gasteiger partial charge in [-0.2, -0.15) is 0 Å². The second-order valence-electron chi connectivity index (χ2n) is 4.56. The van der Waals surface area contributed by atoms with Crippen molar-refractivity contribution in [2.75, 3.05) is 6.61 Å². The summed E-state index contributed by atoms with van der Waals surface area (Å²) < 4.78 is 5.24. The van der Waals surface area contributed by atoms with E-state index in [9.17, 15) is 4.79 Å². The Morgan fingerprint density at radius 1 is 1.40 bits per heavy atom. The maximum absolute atomic E-state index is 11.4. The molecule has 3 heteroatoms. The van der Waals surface area contributed by atoms with Crippen LogP contribution in [-0.2, 0) is 9.53 Å². The van der Waals surface area contributed by atoms with Crippen molar-refractivity contribution >= 4 is 5.97 Å². The van der Waals surface area contributed by atoms with Gasteiger partial charge in [0.1, 0.15) is 0 Å². The molecule has 0 aliphatic heterocycles. The largest absolute Gasteiger partial charge is 0.465 e. The first-order valence-corrected chi connectivity index (χ1v) is 6.13. The number of ether oxygens (including phenoxy) is 1. The molecule has 0 aromatic rings. The maximum Gasteiger partial charge on any atom is 0.307 e. The third-order valence-corrected chi connectivity index (χ3v) is 3.16. The normalized spacial score (nSPS) is 19.9. The Bertz CT molecular complexity index is 188. The monoisotopic (exact) mass is 213 g/mol. The second-order valence-corrected chi connectivity index (χ2v) is 4.56. The van der Waals surface area contributed by atoms with E-state index in [0.717, 1.165) is 6.42 Å². The van der Waals surface area contributed by atoms with Crippen molar-refractivity contribution < 1.29 is 9.53 Å². The maximum atomic E-state index is 11.4. The van der Waals surface area contributed by atoms with Gasteiger partial charge in [0.05, 0.1) is 13.0 Å². The molecule has 15 heavy (non-hydrogen) atoms. The Labute approximate surface area is 92.4 Å². The summed E-state index contributed by atoms with van der Waals surface area (Å²) in [6.07, 6.45) is 7.54. The van der Waals surface area contributed by atoms with Crippen LogP contribution in [0.5, 0.6) is 0 Å². The van der Waals surface area contributed by atoms with Crippen LogP contribution in [0, 0.1) is 5.92 Å². The van der Waals surface area contributed by atoms with Crippen molar-refractivity contribution in [2.45, 2.75) is 57.9 Å². The fraction of sp³-hybridized carbons (Fsp3) is 0.917. The molecule has 1 aliphatic carbocycles. The Morgan fingerprint density at radius 2 is 2.07 bits per heavy atom. The molecule has 0 heterocycles. The van der Waals surface area contributed by atoms with Gasteiger partial charge in [-0.15, -0.1) is 0 Å². The Hall–Kier alpha value is -0.570. The zero-order chi connectivity index (χ0) is 11.1. The molecule has 1 atom stereocenters. The molecule has 1 unspecified atom stereocenters. The van der Waals surface area contributed by atoms with Crippen molar-refractivity contribution in [3.63, 3.8) is 0 Å². The second kappa shape index (κ2) is 6.83. The SMILES string of the molecule is CCC(N)CC(=O)OCC1CCCCC1. The number of hydrogen-bond acceptors (Lipinski definition) is 3. The first kappa shape index (κ1) is 12.5. The zero-order valence-electron chi connectivity index (χ0n) is 9.71. The smallest absolute Gasteiger partial charge is 0.307 e. The van der Waals surface area contributed by atoms with Crippen molar-refractivity contribution in [2.24, 2.45) is 11.7 Å². The van der Waals surface area contributed by atoms with Gasteiger partial charge < -0.3 is 10.5 Å². The number of rotatable bonds is 5. The average Bonchev–Trinajstić information content (AvgIpc) is 2.27. The lowest BCUT2D eigenvalue weighted by molar-refractivity contribution is -0.145. The standard InChI is InChI=1S/C12H23NO2/c1-2-11(13)8-12(14)15-9-10-6-4-3-5-7-10/h10-11H,2-9,13H2,1H3. The van der Waals surface area contributed by atoms with Crippen LogP contribution in [0.2, 0.25) is 0 Å². The van der Waals surface area contributed by atoms with Gasteiger partial charge in [-0.3, -0.25) is 4.79 Å². The Morgan fingerprint density at radius 3 is 2.67 bits per heavy atom. The minimum atomic E-state index is -0.130. The van der Waals surface area contributed by atoms with Gasteiger partial charge in [0.2, 0.25) is 0 Å². The van der Waals surface area contributed by atoms with E-state index in [-0.39, 0.29) is 12.0 Å². The van der Waals surface area contributed by atoms with Gasteiger partial charge in [0.25, 0.3) is 0 Å². The van der Waals surface area contributed by atoms with Crippen molar-refractivity contribution in [3.05, 3.63) is 0 Å². The fourth-order valence-corrected chi connectivity index (χ4v) is 1.98. The highest BCUT2D eigenvalue weighted by Gasteiger charge is 2.16. The molecule has 0 bridgehead atoms.